The Bertz CT molecular complexity index is 1120. The predicted octanol–water partition coefficient (Wildman–Crippen LogP) is 3.84. The van der Waals surface area contributed by atoms with Gasteiger partial charge in [-0.05, 0) is 51.4 Å². The summed E-state index contributed by atoms with van der Waals surface area (Å²) in [5, 5.41) is 4.20. The summed E-state index contributed by atoms with van der Waals surface area (Å²) in [6.45, 7) is 7.02. The first-order valence-electron chi connectivity index (χ1n) is 12.2. The molecule has 3 heterocycles. The largest absolute Gasteiger partial charge is 0.490 e. The van der Waals surface area contributed by atoms with Crippen LogP contribution < -0.4 is 14.8 Å². The summed E-state index contributed by atoms with van der Waals surface area (Å²) in [5.74, 6) is 1.08. The highest BCUT2D eigenvalue weighted by atomic mass is 16.5. The molecule has 0 unspecified atom stereocenters. The first kappa shape index (κ1) is 24.9. The normalized spacial score (nSPS) is 15.8. The number of carbonyl (C=O) groups is 1. The highest BCUT2D eigenvalue weighted by Crippen LogP contribution is 2.33. The molecule has 0 saturated carbocycles. The number of hydrogen-bond donors (Lipinski definition) is 1. The lowest BCUT2D eigenvalue weighted by Crippen LogP contribution is -2.51. The van der Waals surface area contributed by atoms with Crippen molar-refractivity contribution in [3.8, 4) is 11.5 Å². The van der Waals surface area contributed by atoms with Crippen molar-refractivity contribution in [2.45, 2.75) is 45.4 Å². The van der Waals surface area contributed by atoms with E-state index in [4.69, 9.17) is 19.2 Å². The van der Waals surface area contributed by atoms with Gasteiger partial charge < -0.3 is 24.4 Å². The van der Waals surface area contributed by atoms with Crippen molar-refractivity contribution < 1.29 is 19.0 Å². The molecule has 0 bridgehead atoms. The number of ether oxygens (including phenoxy) is 3. The lowest BCUT2D eigenvalue weighted by Gasteiger charge is -2.37. The average molecular weight is 479 g/mol. The Hall–Kier alpha value is -3.23. The van der Waals surface area contributed by atoms with E-state index < -0.39 is 0 Å². The number of para-hydroxylation sites is 1. The topological polar surface area (TPSA) is 85.8 Å². The molecule has 0 aliphatic carbocycles. The SMILES string of the molecule is COCCOc1cc(C(=O)N(C(C)C)[C@@H]2CCCNC2)nc2c(OCc3cccnc3)cccc12. The van der Waals surface area contributed by atoms with Crippen molar-refractivity contribution in [2.24, 2.45) is 0 Å². The van der Waals surface area contributed by atoms with Gasteiger partial charge in [0.1, 0.15) is 35.9 Å². The highest BCUT2D eigenvalue weighted by Gasteiger charge is 2.30. The van der Waals surface area contributed by atoms with Crippen LogP contribution in [0.2, 0.25) is 0 Å². The van der Waals surface area contributed by atoms with E-state index in [2.05, 4.69) is 10.3 Å². The molecule has 1 aliphatic rings. The van der Waals surface area contributed by atoms with Gasteiger partial charge in [0.2, 0.25) is 0 Å². The van der Waals surface area contributed by atoms with Crippen molar-refractivity contribution in [3.05, 3.63) is 60.0 Å². The van der Waals surface area contributed by atoms with Crippen LogP contribution in [-0.2, 0) is 11.3 Å². The molecule has 1 aromatic carbocycles. The van der Waals surface area contributed by atoms with Crippen LogP contribution in [0.5, 0.6) is 11.5 Å². The summed E-state index contributed by atoms with van der Waals surface area (Å²) in [7, 11) is 1.63. The number of methoxy groups -OCH3 is 1. The minimum absolute atomic E-state index is 0.0415. The second-order valence-corrected chi connectivity index (χ2v) is 8.96. The van der Waals surface area contributed by atoms with E-state index in [9.17, 15) is 4.79 Å². The summed E-state index contributed by atoms with van der Waals surface area (Å²) in [6, 6.07) is 11.4. The van der Waals surface area contributed by atoms with Gasteiger partial charge in [-0.1, -0.05) is 12.1 Å². The van der Waals surface area contributed by atoms with Crippen LogP contribution in [0.1, 0.15) is 42.7 Å². The smallest absolute Gasteiger partial charge is 0.273 e. The molecule has 2 aromatic heterocycles. The third-order valence-electron chi connectivity index (χ3n) is 6.10. The number of fused-ring (bicyclic) bond motifs is 1. The fraction of sp³-hybridized carbons (Fsp3) is 0.444. The van der Waals surface area contributed by atoms with Crippen LogP contribution >= 0.6 is 0 Å². The third kappa shape index (κ3) is 6.07. The van der Waals surface area contributed by atoms with Crippen molar-refractivity contribution in [1.29, 1.82) is 0 Å². The molecule has 3 aromatic rings. The molecule has 4 rings (SSSR count). The maximum Gasteiger partial charge on any atom is 0.273 e. The second-order valence-electron chi connectivity index (χ2n) is 8.96. The maximum absolute atomic E-state index is 13.8. The molecule has 1 aliphatic heterocycles. The van der Waals surface area contributed by atoms with E-state index in [1.54, 1.807) is 25.6 Å². The van der Waals surface area contributed by atoms with E-state index in [0.717, 1.165) is 36.9 Å². The zero-order valence-corrected chi connectivity index (χ0v) is 20.7. The number of piperidine rings is 1. The summed E-state index contributed by atoms with van der Waals surface area (Å²) in [6.07, 6.45) is 5.52. The zero-order chi connectivity index (χ0) is 24.6. The van der Waals surface area contributed by atoms with E-state index in [-0.39, 0.29) is 18.0 Å². The van der Waals surface area contributed by atoms with Gasteiger partial charge >= 0.3 is 0 Å². The standard InChI is InChI=1S/C27H34N4O4/c1-19(2)31(21-8-6-12-29-17-21)27(32)23-15-25(34-14-13-33-3)22-9-4-10-24(26(22)30-23)35-18-20-7-5-11-28-16-20/h4-5,7,9-11,15-16,19,21,29H,6,8,12-14,17-18H2,1-3H3/t21-/m1/s1. The Morgan fingerprint density at radius 1 is 1.17 bits per heavy atom. The Balaban J connectivity index is 1.71. The number of amides is 1. The quantitative estimate of drug-likeness (QED) is 0.443. The average Bonchev–Trinajstić information content (AvgIpc) is 2.88. The molecule has 1 saturated heterocycles. The Morgan fingerprint density at radius 2 is 2.06 bits per heavy atom. The van der Waals surface area contributed by atoms with Gasteiger partial charge in [-0.2, -0.15) is 0 Å². The maximum atomic E-state index is 13.8. The molecule has 35 heavy (non-hydrogen) atoms. The third-order valence-corrected chi connectivity index (χ3v) is 6.10. The number of nitrogens with zero attached hydrogens (tertiary/aromatic N) is 3. The van der Waals surface area contributed by atoms with Crippen LogP contribution in [0.25, 0.3) is 10.9 Å². The first-order chi connectivity index (χ1) is 17.1. The monoisotopic (exact) mass is 478 g/mol. The molecule has 0 spiro atoms. The van der Waals surface area contributed by atoms with E-state index in [1.807, 2.05) is 49.1 Å². The van der Waals surface area contributed by atoms with Crippen LogP contribution in [0.15, 0.2) is 48.8 Å². The molecule has 8 nitrogen and oxygen atoms in total. The molecule has 1 fully saturated rings. The molecule has 1 atom stereocenters. The number of aromatic nitrogens is 2. The number of benzene rings is 1. The van der Waals surface area contributed by atoms with E-state index in [1.165, 1.54) is 0 Å². The van der Waals surface area contributed by atoms with Crippen LogP contribution in [0, 0.1) is 0 Å². The first-order valence-corrected chi connectivity index (χ1v) is 12.2. The second kappa shape index (κ2) is 12.0. The summed E-state index contributed by atoms with van der Waals surface area (Å²) >= 11 is 0. The fourth-order valence-corrected chi connectivity index (χ4v) is 4.44. The molecule has 0 radical (unpaired) electrons. The predicted molar refractivity (Wildman–Crippen MR) is 135 cm³/mol. The lowest BCUT2D eigenvalue weighted by atomic mass is 10.0. The van der Waals surface area contributed by atoms with Crippen LogP contribution in [0.4, 0.5) is 0 Å². The van der Waals surface area contributed by atoms with E-state index in [0.29, 0.717) is 42.5 Å². The number of carbonyl (C=O) groups excluding carboxylic acids is 1. The Morgan fingerprint density at radius 3 is 2.77 bits per heavy atom. The molecule has 1 amide bonds. The summed E-state index contributed by atoms with van der Waals surface area (Å²) < 4.78 is 17.3. The Labute approximate surface area is 206 Å². The van der Waals surface area contributed by atoms with Gasteiger partial charge in [-0.25, -0.2) is 4.98 Å². The van der Waals surface area contributed by atoms with Crippen molar-refractivity contribution in [1.82, 2.24) is 20.2 Å². The van der Waals surface area contributed by atoms with Gasteiger partial charge in [0.15, 0.2) is 0 Å². The Kier molecular flexibility index (Phi) is 8.50. The fourth-order valence-electron chi connectivity index (χ4n) is 4.44. The lowest BCUT2D eigenvalue weighted by molar-refractivity contribution is 0.0567. The molecular weight excluding hydrogens is 444 g/mol. The van der Waals surface area contributed by atoms with E-state index >= 15 is 0 Å². The van der Waals surface area contributed by atoms with Gasteiger partial charge in [-0.15, -0.1) is 0 Å². The molecule has 1 N–H and O–H groups in total. The molecule has 8 heteroatoms. The number of rotatable bonds is 10. The van der Waals surface area contributed by atoms with Crippen molar-refractivity contribution >= 4 is 16.8 Å². The zero-order valence-electron chi connectivity index (χ0n) is 20.7. The van der Waals surface area contributed by atoms with Gasteiger partial charge in [0, 0.05) is 55.1 Å². The van der Waals surface area contributed by atoms with Gasteiger partial charge in [-0.3, -0.25) is 9.78 Å². The van der Waals surface area contributed by atoms with Crippen molar-refractivity contribution in [2.75, 3.05) is 33.4 Å². The molecular formula is C27H34N4O4. The van der Waals surface area contributed by atoms with Gasteiger partial charge in [0.25, 0.3) is 5.91 Å². The summed E-state index contributed by atoms with van der Waals surface area (Å²) in [5.41, 5.74) is 1.89. The van der Waals surface area contributed by atoms with Crippen molar-refractivity contribution in [3.63, 3.8) is 0 Å². The minimum atomic E-state index is -0.103. The van der Waals surface area contributed by atoms with Crippen LogP contribution in [-0.4, -0.2) is 66.3 Å². The summed E-state index contributed by atoms with van der Waals surface area (Å²) in [4.78, 5) is 24.7. The highest BCUT2D eigenvalue weighted by molar-refractivity contribution is 5.98. The number of pyridine rings is 2. The number of nitrogens with one attached hydrogen (secondary N) is 1. The van der Waals surface area contributed by atoms with Gasteiger partial charge in [0.05, 0.1) is 6.61 Å². The van der Waals surface area contributed by atoms with Crippen LogP contribution in [0.3, 0.4) is 0 Å². The minimum Gasteiger partial charge on any atom is -0.490 e. The molecule has 186 valence electrons. The number of hydrogen-bond acceptors (Lipinski definition) is 7.